The van der Waals surface area contributed by atoms with Crippen LogP contribution in [0.3, 0.4) is 0 Å². The van der Waals surface area contributed by atoms with E-state index in [1.807, 2.05) is 18.2 Å². The van der Waals surface area contributed by atoms with E-state index in [-0.39, 0.29) is 41.4 Å². The molecule has 1 aliphatic rings. The highest BCUT2D eigenvalue weighted by atomic mass is 35.5. The van der Waals surface area contributed by atoms with E-state index in [0.717, 1.165) is 32.5 Å². The molecule has 0 radical (unpaired) electrons. The number of amides is 2. The third-order valence-corrected chi connectivity index (χ3v) is 5.13. The number of carbonyl (C=O) groups is 2. The maximum atomic E-state index is 12.7. The summed E-state index contributed by atoms with van der Waals surface area (Å²) in [7, 11) is 1.31. The highest BCUT2D eigenvalue weighted by Gasteiger charge is 2.38. The molecule has 6 nitrogen and oxygen atoms in total. The topological polar surface area (TPSA) is 70.7 Å². The monoisotopic (exact) mass is 471 g/mol. The van der Waals surface area contributed by atoms with E-state index >= 15 is 0 Å². The van der Waals surface area contributed by atoms with Crippen molar-refractivity contribution in [1.82, 2.24) is 10.2 Å². The molecule has 0 unspecified atom stereocenters. The van der Waals surface area contributed by atoms with E-state index in [1.165, 1.54) is 30.9 Å². The molecule has 2 amide bonds. The first-order chi connectivity index (χ1) is 14.8. The number of piperidine rings is 1. The largest absolute Gasteiger partial charge is 0.496 e. The summed E-state index contributed by atoms with van der Waals surface area (Å²) in [6.07, 6.45) is -3.42. The molecule has 1 saturated heterocycles. The minimum atomic E-state index is -5.00. The number of nitrogens with zero attached hydrogens (tertiary/aromatic N) is 1. The van der Waals surface area contributed by atoms with Crippen molar-refractivity contribution in [2.24, 2.45) is 0 Å². The Labute approximate surface area is 190 Å². The second kappa shape index (κ2) is 11.2. The number of methoxy groups -OCH3 is 1. The van der Waals surface area contributed by atoms with Crippen LogP contribution in [-0.2, 0) is 11.3 Å². The summed E-state index contributed by atoms with van der Waals surface area (Å²) in [6, 6.07) is 13.9. The lowest BCUT2D eigenvalue weighted by Gasteiger charge is -2.32. The van der Waals surface area contributed by atoms with E-state index in [0.29, 0.717) is 0 Å². The van der Waals surface area contributed by atoms with Crippen LogP contribution < -0.4 is 15.4 Å². The Balaban J connectivity index is 0.00000363. The Hall–Kier alpha value is -2.78. The van der Waals surface area contributed by atoms with Crippen molar-refractivity contribution < 1.29 is 27.5 Å². The number of alkyl halides is 3. The summed E-state index contributed by atoms with van der Waals surface area (Å²) in [5.41, 5.74) is 1.33. The van der Waals surface area contributed by atoms with Gasteiger partial charge < -0.3 is 15.4 Å². The maximum absolute atomic E-state index is 12.7. The number of likely N-dealkylation sites (tertiary alicyclic amines) is 1. The predicted octanol–water partition coefficient (Wildman–Crippen LogP) is 4.01. The summed E-state index contributed by atoms with van der Waals surface area (Å²) in [5.74, 6) is -2.37. The summed E-state index contributed by atoms with van der Waals surface area (Å²) in [5, 5.41) is 4.71. The molecule has 1 aliphatic heterocycles. The molecule has 2 aromatic rings. The fraction of sp³-hybridized carbons (Fsp3) is 0.364. The minimum absolute atomic E-state index is 0. The SMILES string of the molecule is COc1cc(NC(=O)C(F)(F)F)ccc1C(=O)NC1CCN(Cc2ccccc2)CC1.Cl. The zero-order chi connectivity index (χ0) is 22.4. The van der Waals surface area contributed by atoms with E-state index in [9.17, 15) is 22.8 Å². The van der Waals surface area contributed by atoms with E-state index in [1.54, 1.807) is 5.32 Å². The Morgan fingerprint density at radius 2 is 1.75 bits per heavy atom. The fourth-order valence-electron chi connectivity index (χ4n) is 3.50. The highest BCUT2D eigenvalue weighted by Crippen LogP contribution is 2.26. The second-order valence-electron chi connectivity index (χ2n) is 7.38. The number of hydrogen-bond acceptors (Lipinski definition) is 4. The van der Waals surface area contributed by atoms with Gasteiger partial charge in [-0.05, 0) is 30.5 Å². The van der Waals surface area contributed by atoms with Gasteiger partial charge in [0.1, 0.15) is 5.75 Å². The van der Waals surface area contributed by atoms with Crippen molar-refractivity contribution in [1.29, 1.82) is 0 Å². The van der Waals surface area contributed by atoms with Crippen LogP contribution in [0.2, 0.25) is 0 Å². The Morgan fingerprint density at radius 1 is 1.09 bits per heavy atom. The Kier molecular flexibility index (Phi) is 8.91. The van der Waals surface area contributed by atoms with E-state index < -0.39 is 12.1 Å². The number of rotatable bonds is 6. The van der Waals surface area contributed by atoms with Crippen molar-refractivity contribution >= 4 is 29.9 Å². The lowest BCUT2D eigenvalue weighted by atomic mass is 10.0. The van der Waals surface area contributed by atoms with Crippen LogP contribution in [0.4, 0.5) is 18.9 Å². The molecule has 32 heavy (non-hydrogen) atoms. The molecule has 1 fully saturated rings. The number of nitrogens with one attached hydrogen (secondary N) is 2. The van der Waals surface area contributed by atoms with Gasteiger partial charge in [-0.1, -0.05) is 30.3 Å². The van der Waals surface area contributed by atoms with Crippen LogP contribution in [0.1, 0.15) is 28.8 Å². The zero-order valence-electron chi connectivity index (χ0n) is 17.4. The molecule has 0 spiro atoms. The number of ether oxygens (including phenoxy) is 1. The molecule has 0 aromatic heterocycles. The van der Waals surface area contributed by atoms with Gasteiger partial charge in [-0.15, -0.1) is 12.4 Å². The summed E-state index contributed by atoms with van der Waals surface area (Å²) >= 11 is 0. The molecule has 2 aromatic carbocycles. The lowest BCUT2D eigenvalue weighted by Crippen LogP contribution is -2.44. The van der Waals surface area contributed by atoms with Crippen molar-refractivity contribution in [3.05, 3.63) is 59.7 Å². The first-order valence-electron chi connectivity index (χ1n) is 9.89. The van der Waals surface area contributed by atoms with Gasteiger partial charge in [0.2, 0.25) is 0 Å². The van der Waals surface area contributed by atoms with Gasteiger partial charge in [0.25, 0.3) is 5.91 Å². The van der Waals surface area contributed by atoms with Gasteiger partial charge in [-0.3, -0.25) is 14.5 Å². The van der Waals surface area contributed by atoms with Crippen molar-refractivity contribution in [3.8, 4) is 5.75 Å². The molecule has 0 aliphatic carbocycles. The van der Waals surface area contributed by atoms with Gasteiger partial charge in [0.15, 0.2) is 0 Å². The third kappa shape index (κ3) is 6.86. The van der Waals surface area contributed by atoms with Crippen LogP contribution in [0.15, 0.2) is 48.5 Å². The van der Waals surface area contributed by atoms with Crippen LogP contribution in [0.5, 0.6) is 5.75 Å². The summed E-state index contributed by atoms with van der Waals surface area (Å²) in [6.45, 7) is 2.55. The summed E-state index contributed by atoms with van der Waals surface area (Å²) in [4.78, 5) is 26.1. The van der Waals surface area contributed by atoms with E-state index in [4.69, 9.17) is 4.74 Å². The Bertz CT molecular complexity index is 918. The van der Waals surface area contributed by atoms with Crippen LogP contribution in [0, 0.1) is 0 Å². The molecular weight excluding hydrogens is 447 g/mol. The average Bonchev–Trinajstić information content (AvgIpc) is 2.75. The molecule has 0 bridgehead atoms. The van der Waals surface area contributed by atoms with Crippen LogP contribution in [0.25, 0.3) is 0 Å². The Morgan fingerprint density at radius 3 is 2.34 bits per heavy atom. The van der Waals surface area contributed by atoms with Crippen LogP contribution >= 0.6 is 12.4 Å². The standard InChI is InChI=1S/C22H24F3N3O3.ClH/c1-31-19-13-17(27-21(30)22(23,24)25)7-8-18(19)20(29)26-16-9-11-28(12-10-16)14-15-5-3-2-4-6-15;/h2-8,13,16H,9-12,14H2,1H3,(H,26,29)(H,27,30);1H. The highest BCUT2D eigenvalue weighted by molar-refractivity contribution is 5.99. The summed E-state index contributed by atoms with van der Waals surface area (Å²) < 4.78 is 42.4. The van der Waals surface area contributed by atoms with E-state index in [2.05, 4.69) is 22.3 Å². The number of anilines is 1. The first kappa shape index (κ1) is 25.5. The lowest BCUT2D eigenvalue weighted by molar-refractivity contribution is -0.167. The van der Waals surface area contributed by atoms with Crippen molar-refractivity contribution in [2.75, 3.05) is 25.5 Å². The molecule has 2 N–H and O–H groups in total. The number of carbonyl (C=O) groups excluding carboxylic acids is 2. The van der Waals surface area contributed by atoms with Crippen molar-refractivity contribution in [3.63, 3.8) is 0 Å². The maximum Gasteiger partial charge on any atom is 0.471 e. The van der Waals surface area contributed by atoms with Gasteiger partial charge in [0, 0.05) is 37.4 Å². The minimum Gasteiger partial charge on any atom is -0.496 e. The quantitative estimate of drug-likeness (QED) is 0.668. The third-order valence-electron chi connectivity index (χ3n) is 5.13. The van der Waals surface area contributed by atoms with Crippen LogP contribution in [-0.4, -0.2) is 49.1 Å². The number of benzene rings is 2. The molecule has 174 valence electrons. The normalized spacial score (nSPS) is 14.9. The van der Waals surface area contributed by atoms with Gasteiger partial charge >= 0.3 is 12.1 Å². The molecular formula is C22H25ClF3N3O3. The molecule has 1 heterocycles. The smallest absolute Gasteiger partial charge is 0.471 e. The number of halogens is 4. The van der Waals surface area contributed by atoms with Gasteiger partial charge in [0.05, 0.1) is 12.7 Å². The molecule has 0 saturated carbocycles. The average molecular weight is 472 g/mol. The van der Waals surface area contributed by atoms with Crippen molar-refractivity contribution in [2.45, 2.75) is 31.6 Å². The molecule has 0 atom stereocenters. The zero-order valence-corrected chi connectivity index (χ0v) is 18.3. The molecule has 3 rings (SSSR count). The fourth-order valence-corrected chi connectivity index (χ4v) is 3.50. The predicted molar refractivity (Wildman–Crippen MR) is 117 cm³/mol. The number of hydrogen-bond donors (Lipinski definition) is 2. The van der Waals surface area contributed by atoms with Gasteiger partial charge in [-0.25, -0.2) is 0 Å². The van der Waals surface area contributed by atoms with Gasteiger partial charge in [-0.2, -0.15) is 13.2 Å². The molecule has 10 heteroatoms. The second-order valence-corrected chi connectivity index (χ2v) is 7.38. The first-order valence-corrected chi connectivity index (χ1v) is 9.89.